The molecule has 0 aliphatic carbocycles. The molecule has 1 aromatic carbocycles. The van der Waals surface area contributed by atoms with Crippen LogP contribution < -0.4 is 0 Å². The summed E-state index contributed by atoms with van der Waals surface area (Å²) >= 11 is 1.78. The minimum Gasteiger partial charge on any atom is -0.347 e. The standard InChI is InChI=1S/C20H28N4OS/c1-14-6-7-15(2)16(10-14)12-24-13-17(11-18(24)19(25)22(3)4)26-20-21-8-9-23(20)5/h6-10,17-18H,11-13H2,1-5H3/t17-,18+/m1/s1. The number of likely N-dealkylation sites (tertiary alicyclic amines) is 1. The zero-order chi connectivity index (χ0) is 18.8. The number of hydrogen-bond donors (Lipinski definition) is 0. The fourth-order valence-electron chi connectivity index (χ4n) is 3.48. The second kappa shape index (κ2) is 7.84. The number of aromatic nitrogens is 2. The van der Waals surface area contributed by atoms with Gasteiger partial charge >= 0.3 is 0 Å². The van der Waals surface area contributed by atoms with Crippen molar-refractivity contribution in [2.24, 2.45) is 7.05 Å². The number of imidazole rings is 1. The van der Waals surface area contributed by atoms with Gasteiger partial charge in [-0.25, -0.2) is 4.98 Å². The molecule has 3 rings (SSSR count). The third kappa shape index (κ3) is 4.13. The van der Waals surface area contributed by atoms with E-state index in [1.54, 1.807) is 16.7 Å². The van der Waals surface area contributed by atoms with E-state index >= 15 is 0 Å². The van der Waals surface area contributed by atoms with Crippen LogP contribution in [0.2, 0.25) is 0 Å². The fourth-order valence-corrected chi connectivity index (χ4v) is 4.67. The van der Waals surface area contributed by atoms with Gasteiger partial charge in [0, 0.05) is 51.9 Å². The molecular weight excluding hydrogens is 344 g/mol. The molecule has 0 radical (unpaired) electrons. The lowest BCUT2D eigenvalue weighted by molar-refractivity contribution is -0.133. The van der Waals surface area contributed by atoms with Gasteiger partial charge in [0.15, 0.2) is 5.16 Å². The molecule has 26 heavy (non-hydrogen) atoms. The molecular formula is C20H28N4OS. The summed E-state index contributed by atoms with van der Waals surface area (Å²) < 4.78 is 2.04. The molecule has 1 fully saturated rings. The molecule has 1 saturated heterocycles. The molecule has 2 heterocycles. The van der Waals surface area contributed by atoms with Crippen LogP contribution in [0.4, 0.5) is 0 Å². The van der Waals surface area contributed by atoms with Crippen LogP contribution in [0.5, 0.6) is 0 Å². The van der Waals surface area contributed by atoms with Crippen molar-refractivity contribution in [3.05, 3.63) is 47.3 Å². The largest absolute Gasteiger partial charge is 0.347 e. The maximum absolute atomic E-state index is 12.8. The number of amides is 1. The molecule has 1 aliphatic rings. The van der Waals surface area contributed by atoms with E-state index in [0.717, 1.165) is 24.7 Å². The number of thioether (sulfide) groups is 1. The van der Waals surface area contributed by atoms with Gasteiger partial charge < -0.3 is 9.47 Å². The molecule has 140 valence electrons. The first kappa shape index (κ1) is 19.0. The Morgan fingerprint density at radius 1 is 1.35 bits per heavy atom. The summed E-state index contributed by atoms with van der Waals surface area (Å²) in [4.78, 5) is 21.3. The Morgan fingerprint density at radius 2 is 2.12 bits per heavy atom. The van der Waals surface area contributed by atoms with Gasteiger partial charge in [-0.2, -0.15) is 0 Å². The van der Waals surface area contributed by atoms with Gasteiger partial charge in [-0.15, -0.1) is 0 Å². The Hall–Kier alpha value is -1.79. The zero-order valence-corrected chi connectivity index (χ0v) is 17.1. The van der Waals surface area contributed by atoms with Crippen molar-refractivity contribution in [1.82, 2.24) is 19.4 Å². The van der Waals surface area contributed by atoms with E-state index in [1.807, 2.05) is 38.1 Å². The molecule has 0 saturated carbocycles. The maximum Gasteiger partial charge on any atom is 0.239 e. The van der Waals surface area contributed by atoms with Crippen molar-refractivity contribution in [2.45, 2.75) is 43.3 Å². The molecule has 1 amide bonds. The first-order chi connectivity index (χ1) is 12.3. The highest BCUT2D eigenvalue weighted by molar-refractivity contribution is 7.99. The Labute approximate surface area is 160 Å². The van der Waals surface area contributed by atoms with Crippen LogP contribution in [-0.4, -0.2) is 57.2 Å². The highest BCUT2D eigenvalue weighted by Gasteiger charge is 2.38. The van der Waals surface area contributed by atoms with Crippen LogP contribution in [0, 0.1) is 13.8 Å². The summed E-state index contributed by atoms with van der Waals surface area (Å²) in [6.45, 7) is 5.98. The predicted octanol–water partition coefficient (Wildman–Crippen LogP) is 2.86. The Morgan fingerprint density at radius 3 is 2.77 bits per heavy atom. The first-order valence-corrected chi connectivity index (χ1v) is 9.88. The Balaban J connectivity index is 1.79. The van der Waals surface area contributed by atoms with Crippen molar-refractivity contribution in [1.29, 1.82) is 0 Å². The number of carbonyl (C=O) groups is 1. The van der Waals surface area contributed by atoms with E-state index in [0.29, 0.717) is 5.25 Å². The molecule has 6 heteroatoms. The van der Waals surface area contributed by atoms with Gasteiger partial charge in [0.2, 0.25) is 5.91 Å². The summed E-state index contributed by atoms with van der Waals surface area (Å²) in [6, 6.07) is 6.49. The van der Waals surface area contributed by atoms with Crippen molar-refractivity contribution < 1.29 is 4.79 Å². The molecule has 0 unspecified atom stereocenters. The van der Waals surface area contributed by atoms with Gasteiger partial charge in [-0.05, 0) is 31.4 Å². The van der Waals surface area contributed by atoms with E-state index < -0.39 is 0 Å². The third-order valence-electron chi connectivity index (χ3n) is 5.02. The van der Waals surface area contributed by atoms with Crippen LogP contribution in [-0.2, 0) is 18.4 Å². The van der Waals surface area contributed by atoms with Gasteiger partial charge in [-0.3, -0.25) is 9.69 Å². The minimum absolute atomic E-state index is 0.0670. The second-order valence-electron chi connectivity index (χ2n) is 7.40. The van der Waals surface area contributed by atoms with Crippen LogP contribution in [0.15, 0.2) is 35.7 Å². The smallest absolute Gasteiger partial charge is 0.239 e. The summed E-state index contributed by atoms with van der Waals surface area (Å²) in [5, 5.41) is 1.38. The lowest BCUT2D eigenvalue weighted by atomic mass is 10.0. The van der Waals surface area contributed by atoms with Crippen molar-refractivity contribution in [3.8, 4) is 0 Å². The highest BCUT2D eigenvalue weighted by Crippen LogP contribution is 2.33. The van der Waals surface area contributed by atoms with Gasteiger partial charge in [0.1, 0.15) is 0 Å². The van der Waals surface area contributed by atoms with Crippen LogP contribution in [0.25, 0.3) is 0 Å². The van der Waals surface area contributed by atoms with E-state index in [-0.39, 0.29) is 11.9 Å². The minimum atomic E-state index is -0.0670. The van der Waals surface area contributed by atoms with E-state index in [2.05, 4.69) is 41.9 Å². The van der Waals surface area contributed by atoms with Gasteiger partial charge in [-0.1, -0.05) is 35.5 Å². The topological polar surface area (TPSA) is 41.4 Å². The van der Waals surface area contributed by atoms with Gasteiger partial charge in [0.25, 0.3) is 0 Å². The number of rotatable bonds is 5. The fraction of sp³-hybridized carbons (Fsp3) is 0.500. The molecule has 0 N–H and O–H groups in total. The Bertz CT molecular complexity index is 786. The number of nitrogens with zero attached hydrogens (tertiary/aromatic N) is 4. The zero-order valence-electron chi connectivity index (χ0n) is 16.3. The number of likely N-dealkylation sites (N-methyl/N-ethyl adjacent to an activating group) is 1. The van der Waals surface area contributed by atoms with Crippen LogP contribution >= 0.6 is 11.8 Å². The van der Waals surface area contributed by atoms with E-state index in [4.69, 9.17) is 0 Å². The van der Waals surface area contributed by atoms with Crippen LogP contribution in [0.1, 0.15) is 23.1 Å². The average Bonchev–Trinajstić information content (AvgIpc) is 3.17. The Kier molecular flexibility index (Phi) is 5.73. The number of carbonyl (C=O) groups excluding carboxylic acids is 1. The molecule has 2 atom stereocenters. The second-order valence-corrected chi connectivity index (χ2v) is 8.67. The molecule has 5 nitrogen and oxygen atoms in total. The molecule has 1 aromatic heterocycles. The number of aryl methyl sites for hydroxylation is 3. The first-order valence-electron chi connectivity index (χ1n) is 9.00. The summed E-state index contributed by atoms with van der Waals surface area (Å²) in [5.74, 6) is 0.193. The highest BCUT2D eigenvalue weighted by atomic mass is 32.2. The lowest BCUT2D eigenvalue weighted by Gasteiger charge is -2.26. The van der Waals surface area contributed by atoms with Gasteiger partial charge in [0.05, 0.1) is 6.04 Å². The predicted molar refractivity (Wildman–Crippen MR) is 106 cm³/mol. The number of benzene rings is 1. The van der Waals surface area contributed by atoms with E-state index in [1.165, 1.54) is 16.7 Å². The molecule has 2 aromatic rings. The third-order valence-corrected chi connectivity index (χ3v) is 6.30. The monoisotopic (exact) mass is 372 g/mol. The lowest BCUT2D eigenvalue weighted by Crippen LogP contribution is -2.42. The van der Waals surface area contributed by atoms with Crippen molar-refractivity contribution >= 4 is 17.7 Å². The summed E-state index contributed by atoms with van der Waals surface area (Å²) in [6.07, 6.45) is 4.65. The summed E-state index contributed by atoms with van der Waals surface area (Å²) in [5.41, 5.74) is 3.86. The summed E-state index contributed by atoms with van der Waals surface area (Å²) in [7, 11) is 5.70. The normalized spacial score (nSPS) is 20.5. The van der Waals surface area contributed by atoms with Crippen LogP contribution in [0.3, 0.4) is 0 Å². The molecule has 1 aliphatic heterocycles. The number of hydrogen-bond acceptors (Lipinski definition) is 4. The molecule has 0 spiro atoms. The SMILES string of the molecule is Cc1ccc(C)c(CN2C[C@H](Sc3nccn3C)C[C@H]2C(=O)N(C)C)c1. The maximum atomic E-state index is 12.8. The van der Waals surface area contributed by atoms with Crippen molar-refractivity contribution in [2.75, 3.05) is 20.6 Å². The van der Waals surface area contributed by atoms with Crippen molar-refractivity contribution in [3.63, 3.8) is 0 Å². The average molecular weight is 373 g/mol. The molecule has 0 bridgehead atoms. The quantitative estimate of drug-likeness (QED) is 0.809. The van der Waals surface area contributed by atoms with E-state index in [9.17, 15) is 4.79 Å².